The molecule has 4 rings (SSSR count). The van der Waals surface area contributed by atoms with Gasteiger partial charge in [-0.3, -0.25) is 9.48 Å². The van der Waals surface area contributed by atoms with Gasteiger partial charge in [-0.05, 0) is 31.4 Å². The van der Waals surface area contributed by atoms with Crippen LogP contribution in [0.25, 0.3) is 10.2 Å². The van der Waals surface area contributed by atoms with Crippen molar-refractivity contribution in [1.82, 2.24) is 19.7 Å². The number of rotatable bonds is 4. The Labute approximate surface area is 168 Å². The number of ether oxygens (including phenoxy) is 1. The zero-order chi connectivity index (χ0) is 19.8. The maximum absolute atomic E-state index is 12.8. The molecule has 0 N–H and O–H groups in total. The summed E-state index contributed by atoms with van der Waals surface area (Å²) in [5, 5.41) is 5.11. The second-order valence-electron chi connectivity index (χ2n) is 7.32. The van der Waals surface area contributed by atoms with Gasteiger partial charge in [0.1, 0.15) is 11.3 Å². The molecule has 7 nitrogen and oxygen atoms in total. The number of nitrogens with zero attached hydrogens (tertiary/aromatic N) is 5. The lowest BCUT2D eigenvalue weighted by molar-refractivity contribution is 0.0717. The summed E-state index contributed by atoms with van der Waals surface area (Å²) in [6.07, 6.45) is 5.41. The van der Waals surface area contributed by atoms with E-state index in [1.165, 1.54) is 5.56 Å². The average molecular weight is 400 g/mol. The van der Waals surface area contributed by atoms with E-state index in [9.17, 15) is 4.79 Å². The Kier molecular flexibility index (Phi) is 4.97. The third kappa shape index (κ3) is 3.32. The summed E-state index contributed by atoms with van der Waals surface area (Å²) >= 11 is 1.70. The summed E-state index contributed by atoms with van der Waals surface area (Å²) in [4.78, 5) is 21.8. The molecule has 0 saturated carbocycles. The Bertz CT molecular complexity index is 1010. The van der Waals surface area contributed by atoms with E-state index in [2.05, 4.69) is 23.0 Å². The lowest BCUT2D eigenvalue weighted by Crippen LogP contribution is -2.48. The van der Waals surface area contributed by atoms with Crippen molar-refractivity contribution in [3.05, 3.63) is 35.7 Å². The van der Waals surface area contributed by atoms with Crippen LogP contribution >= 0.6 is 11.3 Å². The van der Waals surface area contributed by atoms with E-state index in [-0.39, 0.29) is 11.9 Å². The number of methoxy groups -OCH3 is 1. The summed E-state index contributed by atoms with van der Waals surface area (Å²) < 4.78 is 8.31. The predicted molar refractivity (Wildman–Crippen MR) is 111 cm³/mol. The highest BCUT2D eigenvalue weighted by Crippen LogP contribution is 2.37. The molecule has 3 heterocycles. The molecule has 2 aromatic heterocycles. The fourth-order valence-electron chi connectivity index (χ4n) is 3.74. The Morgan fingerprint density at radius 1 is 1.39 bits per heavy atom. The Balaban J connectivity index is 1.56. The number of likely N-dealkylation sites (N-methyl/N-ethyl adjacent to an activating group) is 1. The van der Waals surface area contributed by atoms with Gasteiger partial charge in [0.25, 0.3) is 5.91 Å². The molecule has 1 aromatic carbocycles. The van der Waals surface area contributed by atoms with Crippen LogP contribution in [0.1, 0.15) is 28.8 Å². The lowest BCUT2D eigenvalue weighted by Gasteiger charge is -2.37. The number of aryl methyl sites for hydroxylation is 2. The van der Waals surface area contributed by atoms with Crippen molar-refractivity contribution in [1.29, 1.82) is 0 Å². The van der Waals surface area contributed by atoms with Crippen molar-refractivity contribution in [2.24, 2.45) is 7.05 Å². The molecule has 1 amide bonds. The van der Waals surface area contributed by atoms with E-state index >= 15 is 0 Å². The third-order valence-electron chi connectivity index (χ3n) is 5.40. The number of amides is 1. The van der Waals surface area contributed by atoms with Crippen LogP contribution in [0.5, 0.6) is 5.75 Å². The first-order chi connectivity index (χ1) is 13.5. The minimum absolute atomic E-state index is 0.0155. The van der Waals surface area contributed by atoms with Crippen LogP contribution in [0.4, 0.5) is 5.13 Å². The summed E-state index contributed by atoms with van der Waals surface area (Å²) in [7, 11) is 5.39. The van der Waals surface area contributed by atoms with Gasteiger partial charge in [-0.2, -0.15) is 5.10 Å². The summed E-state index contributed by atoms with van der Waals surface area (Å²) in [6.45, 7) is 3.83. The van der Waals surface area contributed by atoms with Gasteiger partial charge in [-0.25, -0.2) is 4.98 Å². The van der Waals surface area contributed by atoms with Gasteiger partial charge in [-0.15, -0.1) is 0 Å². The standard InChI is InChI=1S/C20H25N5O2S/c1-13-7-8-16(27-4)17-18(13)28-20(22-17)25-9-5-6-15(12-25)24(3)19(26)14-10-21-23(2)11-14/h7-8,10-11,15H,5-6,9,12H2,1-4H3. The maximum Gasteiger partial charge on any atom is 0.257 e. The van der Waals surface area contributed by atoms with Crippen molar-refractivity contribution >= 4 is 32.6 Å². The van der Waals surface area contributed by atoms with Crippen molar-refractivity contribution in [3.8, 4) is 5.75 Å². The zero-order valence-corrected chi connectivity index (χ0v) is 17.5. The first kappa shape index (κ1) is 18.7. The van der Waals surface area contributed by atoms with Gasteiger partial charge >= 0.3 is 0 Å². The first-order valence-electron chi connectivity index (χ1n) is 9.43. The molecule has 1 saturated heterocycles. The largest absolute Gasteiger partial charge is 0.494 e. The second-order valence-corrected chi connectivity index (χ2v) is 8.30. The average Bonchev–Trinajstić information content (AvgIpc) is 3.35. The smallest absolute Gasteiger partial charge is 0.257 e. The highest BCUT2D eigenvalue weighted by atomic mass is 32.1. The van der Waals surface area contributed by atoms with Crippen molar-refractivity contribution in [2.75, 3.05) is 32.1 Å². The summed E-state index contributed by atoms with van der Waals surface area (Å²) in [6, 6.07) is 4.19. The van der Waals surface area contributed by atoms with Gasteiger partial charge in [0.05, 0.1) is 23.6 Å². The molecule has 0 spiro atoms. The van der Waals surface area contributed by atoms with Crippen LogP contribution in [-0.2, 0) is 7.05 Å². The third-order valence-corrected chi connectivity index (χ3v) is 6.65. The maximum atomic E-state index is 12.8. The lowest BCUT2D eigenvalue weighted by atomic mass is 10.0. The number of carbonyl (C=O) groups excluding carboxylic acids is 1. The number of aromatic nitrogens is 3. The van der Waals surface area contributed by atoms with E-state index in [4.69, 9.17) is 9.72 Å². The first-order valence-corrected chi connectivity index (χ1v) is 10.2. The van der Waals surface area contributed by atoms with Crippen LogP contribution in [0.15, 0.2) is 24.5 Å². The number of fused-ring (bicyclic) bond motifs is 1. The summed E-state index contributed by atoms with van der Waals surface area (Å²) in [5.41, 5.74) is 2.75. The molecule has 1 aliphatic rings. The molecule has 3 aromatic rings. The quantitative estimate of drug-likeness (QED) is 0.675. The van der Waals surface area contributed by atoms with E-state index in [1.807, 2.05) is 25.1 Å². The normalized spacial score (nSPS) is 17.1. The predicted octanol–water partition coefficient (Wildman–Crippen LogP) is 3.09. The molecule has 1 aliphatic heterocycles. The Hall–Kier alpha value is -2.61. The topological polar surface area (TPSA) is 63.5 Å². The number of piperidine rings is 1. The van der Waals surface area contributed by atoms with Crippen molar-refractivity contribution < 1.29 is 9.53 Å². The molecular formula is C20H25N5O2S. The Morgan fingerprint density at radius 3 is 2.93 bits per heavy atom. The van der Waals surface area contributed by atoms with Gasteiger partial charge in [0.2, 0.25) is 0 Å². The number of carbonyl (C=O) groups is 1. The number of thiazole rings is 1. The van der Waals surface area contributed by atoms with Crippen LogP contribution in [0.2, 0.25) is 0 Å². The van der Waals surface area contributed by atoms with E-state index < -0.39 is 0 Å². The minimum Gasteiger partial charge on any atom is -0.494 e. The Morgan fingerprint density at radius 2 is 2.21 bits per heavy atom. The molecule has 1 atom stereocenters. The van der Waals surface area contributed by atoms with Crippen LogP contribution < -0.4 is 9.64 Å². The van der Waals surface area contributed by atoms with E-state index in [0.29, 0.717) is 5.56 Å². The van der Waals surface area contributed by atoms with E-state index in [0.717, 1.165) is 47.0 Å². The summed E-state index contributed by atoms with van der Waals surface area (Å²) in [5.74, 6) is 0.822. The molecule has 0 bridgehead atoms. The van der Waals surface area contributed by atoms with Gasteiger partial charge in [-0.1, -0.05) is 17.4 Å². The van der Waals surface area contributed by atoms with Gasteiger partial charge in [0.15, 0.2) is 5.13 Å². The highest BCUT2D eigenvalue weighted by Gasteiger charge is 2.29. The minimum atomic E-state index is 0.0155. The monoisotopic (exact) mass is 399 g/mol. The zero-order valence-electron chi connectivity index (χ0n) is 16.7. The number of anilines is 1. The molecule has 148 valence electrons. The molecule has 8 heteroatoms. The fraction of sp³-hybridized carbons (Fsp3) is 0.450. The molecule has 1 unspecified atom stereocenters. The number of hydrogen-bond acceptors (Lipinski definition) is 6. The highest BCUT2D eigenvalue weighted by molar-refractivity contribution is 7.22. The van der Waals surface area contributed by atoms with E-state index in [1.54, 1.807) is 35.5 Å². The number of hydrogen-bond donors (Lipinski definition) is 0. The molecule has 28 heavy (non-hydrogen) atoms. The van der Waals surface area contributed by atoms with Crippen LogP contribution in [-0.4, -0.2) is 58.9 Å². The molecular weight excluding hydrogens is 374 g/mol. The van der Waals surface area contributed by atoms with Gasteiger partial charge in [0, 0.05) is 39.4 Å². The molecule has 0 aliphatic carbocycles. The van der Waals surface area contributed by atoms with Crippen molar-refractivity contribution in [3.63, 3.8) is 0 Å². The van der Waals surface area contributed by atoms with Crippen molar-refractivity contribution in [2.45, 2.75) is 25.8 Å². The van der Waals surface area contributed by atoms with Crippen LogP contribution in [0, 0.1) is 6.92 Å². The molecule has 0 radical (unpaired) electrons. The van der Waals surface area contributed by atoms with Crippen LogP contribution in [0.3, 0.4) is 0 Å². The van der Waals surface area contributed by atoms with Gasteiger partial charge < -0.3 is 14.5 Å². The SMILES string of the molecule is COc1ccc(C)c2sc(N3CCCC(N(C)C(=O)c4cnn(C)c4)C3)nc12. The number of benzene rings is 1. The second kappa shape index (κ2) is 7.43. The fourth-order valence-corrected chi connectivity index (χ4v) is 4.83. The molecule has 1 fully saturated rings.